The maximum atomic E-state index is 11.2. The maximum absolute atomic E-state index is 11.2. The first-order valence-corrected chi connectivity index (χ1v) is 7.87. The summed E-state index contributed by atoms with van der Waals surface area (Å²) in [4.78, 5) is 11.2. The third-order valence-corrected chi connectivity index (χ3v) is 3.29. The molecule has 1 N–H and O–H groups in total. The number of hydrogen-bond donors (Lipinski definition) is 1. The van der Waals surface area contributed by atoms with Gasteiger partial charge in [-0.2, -0.15) is 0 Å². The lowest BCUT2D eigenvalue weighted by Gasteiger charge is -2.08. The first-order chi connectivity index (χ1) is 11.2. The van der Waals surface area contributed by atoms with Gasteiger partial charge in [0.05, 0.1) is 13.0 Å². The summed E-state index contributed by atoms with van der Waals surface area (Å²) in [6.07, 6.45) is 0.391. The number of carbonyl (C=O) groups excluding carboxylic acids is 1. The molecule has 23 heavy (non-hydrogen) atoms. The Balaban J connectivity index is 1.77. The third-order valence-electron chi connectivity index (χ3n) is 3.29. The summed E-state index contributed by atoms with van der Waals surface area (Å²) >= 11 is 0. The standard InChI is InChI=1S/C19H23NO3/c1-3-22-19(21)11-12-20-14-16-7-9-17(10-8-16)23-18-6-4-5-15(2)13-18/h4-10,13,20H,3,11-12,14H2,1-2H3. The summed E-state index contributed by atoms with van der Waals surface area (Å²) < 4.78 is 10.7. The lowest BCUT2D eigenvalue weighted by atomic mass is 10.2. The highest BCUT2D eigenvalue weighted by atomic mass is 16.5. The zero-order valence-corrected chi connectivity index (χ0v) is 13.7. The van der Waals surface area contributed by atoms with Crippen LogP contribution in [0.1, 0.15) is 24.5 Å². The van der Waals surface area contributed by atoms with Crippen LogP contribution in [0.2, 0.25) is 0 Å². The molecule has 4 heteroatoms. The second-order valence-electron chi connectivity index (χ2n) is 5.29. The second kappa shape index (κ2) is 8.96. The highest BCUT2D eigenvalue weighted by molar-refractivity contribution is 5.69. The Morgan fingerprint density at radius 1 is 1.09 bits per heavy atom. The van der Waals surface area contributed by atoms with E-state index in [1.807, 2.05) is 62.4 Å². The molecule has 0 aliphatic rings. The largest absolute Gasteiger partial charge is 0.466 e. The Kier molecular flexibility index (Phi) is 6.63. The number of esters is 1. The van der Waals surface area contributed by atoms with E-state index in [0.717, 1.165) is 17.1 Å². The smallest absolute Gasteiger partial charge is 0.307 e. The SMILES string of the molecule is CCOC(=O)CCNCc1ccc(Oc2cccc(C)c2)cc1. The Labute approximate surface area is 137 Å². The van der Waals surface area contributed by atoms with Gasteiger partial charge in [0, 0.05) is 13.1 Å². The van der Waals surface area contributed by atoms with E-state index >= 15 is 0 Å². The Morgan fingerprint density at radius 3 is 2.57 bits per heavy atom. The third kappa shape index (κ3) is 6.12. The van der Waals surface area contributed by atoms with Gasteiger partial charge in [-0.3, -0.25) is 4.79 Å². The van der Waals surface area contributed by atoms with Crippen molar-refractivity contribution in [1.82, 2.24) is 5.32 Å². The molecule has 0 aliphatic heterocycles. The minimum Gasteiger partial charge on any atom is -0.466 e. The van der Waals surface area contributed by atoms with Crippen molar-refractivity contribution in [2.75, 3.05) is 13.2 Å². The normalized spacial score (nSPS) is 10.3. The monoisotopic (exact) mass is 313 g/mol. The number of rotatable bonds is 8. The van der Waals surface area contributed by atoms with Crippen molar-refractivity contribution in [2.24, 2.45) is 0 Å². The molecule has 4 nitrogen and oxygen atoms in total. The quantitative estimate of drug-likeness (QED) is 0.594. The molecule has 0 unspecified atom stereocenters. The van der Waals surface area contributed by atoms with Crippen LogP contribution in [0.5, 0.6) is 11.5 Å². The summed E-state index contributed by atoms with van der Waals surface area (Å²) in [7, 11) is 0. The minimum absolute atomic E-state index is 0.165. The van der Waals surface area contributed by atoms with E-state index in [4.69, 9.17) is 9.47 Å². The second-order valence-corrected chi connectivity index (χ2v) is 5.29. The summed E-state index contributed by atoms with van der Waals surface area (Å²) in [6.45, 7) is 5.61. The van der Waals surface area contributed by atoms with Crippen LogP contribution in [0, 0.1) is 6.92 Å². The molecule has 2 rings (SSSR count). The summed E-state index contributed by atoms with van der Waals surface area (Å²) in [5.74, 6) is 1.48. The van der Waals surface area contributed by atoms with Crippen LogP contribution in [0.4, 0.5) is 0 Å². The first kappa shape index (κ1) is 17.0. The van der Waals surface area contributed by atoms with Gasteiger partial charge in [-0.05, 0) is 49.2 Å². The molecule has 0 heterocycles. The lowest BCUT2D eigenvalue weighted by Crippen LogP contribution is -2.18. The van der Waals surface area contributed by atoms with Gasteiger partial charge in [-0.1, -0.05) is 24.3 Å². The van der Waals surface area contributed by atoms with Gasteiger partial charge in [0.1, 0.15) is 11.5 Å². The topological polar surface area (TPSA) is 47.6 Å². The van der Waals surface area contributed by atoms with Crippen molar-refractivity contribution in [2.45, 2.75) is 26.8 Å². The fourth-order valence-corrected chi connectivity index (χ4v) is 2.15. The molecule has 2 aromatic rings. The van der Waals surface area contributed by atoms with Crippen LogP contribution < -0.4 is 10.1 Å². The number of nitrogens with one attached hydrogen (secondary N) is 1. The van der Waals surface area contributed by atoms with E-state index < -0.39 is 0 Å². The predicted octanol–water partition coefficient (Wildman–Crippen LogP) is 3.83. The number of ether oxygens (including phenoxy) is 2. The number of aryl methyl sites for hydroxylation is 1. The van der Waals surface area contributed by atoms with E-state index in [0.29, 0.717) is 26.1 Å². The Morgan fingerprint density at radius 2 is 1.87 bits per heavy atom. The van der Waals surface area contributed by atoms with Gasteiger partial charge in [0.2, 0.25) is 0 Å². The van der Waals surface area contributed by atoms with Crippen molar-refractivity contribution in [1.29, 1.82) is 0 Å². The van der Waals surface area contributed by atoms with Crippen molar-refractivity contribution >= 4 is 5.97 Å². The Hall–Kier alpha value is -2.33. The van der Waals surface area contributed by atoms with E-state index in [-0.39, 0.29) is 5.97 Å². The molecule has 0 spiro atoms. The molecular weight excluding hydrogens is 290 g/mol. The van der Waals surface area contributed by atoms with E-state index in [1.165, 1.54) is 5.56 Å². The van der Waals surface area contributed by atoms with E-state index in [1.54, 1.807) is 0 Å². The van der Waals surface area contributed by atoms with Gasteiger partial charge in [-0.15, -0.1) is 0 Å². The number of hydrogen-bond acceptors (Lipinski definition) is 4. The molecule has 0 aliphatic carbocycles. The van der Waals surface area contributed by atoms with Crippen molar-refractivity contribution < 1.29 is 14.3 Å². The fraction of sp³-hybridized carbons (Fsp3) is 0.316. The molecule has 0 amide bonds. The molecule has 122 valence electrons. The van der Waals surface area contributed by atoms with Crippen molar-refractivity contribution in [3.8, 4) is 11.5 Å². The first-order valence-electron chi connectivity index (χ1n) is 7.87. The lowest BCUT2D eigenvalue weighted by molar-refractivity contribution is -0.142. The molecule has 0 aromatic heterocycles. The van der Waals surface area contributed by atoms with E-state index in [9.17, 15) is 4.79 Å². The Bertz CT molecular complexity index is 623. The van der Waals surface area contributed by atoms with Crippen LogP contribution >= 0.6 is 0 Å². The summed E-state index contributed by atoms with van der Waals surface area (Å²) in [5, 5.41) is 3.23. The van der Waals surface area contributed by atoms with Crippen LogP contribution in [0.3, 0.4) is 0 Å². The van der Waals surface area contributed by atoms with Gasteiger partial charge in [-0.25, -0.2) is 0 Å². The van der Waals surface area contributed by atoms with Gasteiger partial charge < -0.3 is 14.8 Å². The van der Waals surface area contributed by atoms with E-state index in [2.05, 4.69) is 5.32 Å². The molecule has 2 aromatic carbocycles. The van der Waals surface area contributed by atoms with Crippen LogP contribution in [-0.4, -0.2) is 19.1 Å². The number of benzene rings is 2. The molecule has 0 atom stereocenters. The fourth-order valence-electron chi connectivity index (χ4n) is 2.15. The molecule has 0 bridgehead atoms. The average Bonchev–Trinajstić information content (AvgIpc) is 2.53. The molecule has 0 saturated heterocycles. The summed E-state index contributed by atoms with van der Waals surface area (Å²) in [6, 6.07) is 15.9. The van der Waals surface area contributed by atoms with Crippen molar-refractivity contribution in [3.05, 3.63) is 59.7 Å². The molecule has 0 saturated carbocycles. The zero-order valence-electron chi connectivity index (χ0n) is 13.7. The van der Waals surface area contributed by atoms with Crippen LogP contribution in [0.25, 0.3) is 0 Å². The molecule has 0 radical (unpaired) electrons. The van der Waals surface area contributed by atoms with Crippen LogP contribution in [-0.2, 0) is 16.1 Å². The van der Waals surface area contributed by atoms with Crippen molar-refractivity contribution in [3.63, 3.8) is 0 Å². The molecule has 0 fully saturated rings. The van der Waals surface area contributed by atoms with Crippen LogP contribution in [0.15, 0.2) is 48.5 Å². The average molecular weight is 313 g/mol. The summed E-state index contributed by atoms with van der Waals surface area (Å²) in [5.41, 5.74) is 2.32. The predicted molar refractivity (Wildman–Crippen MR) is 90.7 cm³/mol. The minimum atomic E-state index is -0.165. The highest BCUT2D eigenvalue weighted by Gasteiger charge is 2.01. The highest BCUT2D eigenvalue weighted by Crippen LogP contribution is 2.22. The van der Waals surface area contributed by atoms with Gasteiger partial charge in [0.15, 0.2) is 0 Å². The maximum Gasteiger partial charge on any atom is 0.307 e. The zero-order chi connectivity index (χ0) is 16.5. The van der Waals surface area contributed by atoms with Gasteiger partial charge in [0.25, 0.3) is 0 Å². The molecular formula is C19H23NO3. The van der Waals surface area contributed by atoms with Gasteiger partial charge >= 0.3 is 5.97 Å². The number of carbonyl (C=O) groups is 1.